The van der Waals surface area contributed by atoms with Crippen molar-refractivity contribution in [2.45, 2.75) is 6.37 Å². The largest absolute Gasteiger partial charge is 0.497 e. The number of aromatic amines is 1. The summed E-state index contributed by atoms with van der Waals surface area (Å²) in [7, 11) is 1.52. The van der Waals surface area contributed by atoms with Crippen LogP contribution in [-0.2, 0) is 6.37 Å². The number of benzene rings is 1. The van der Waals surface area contributed by atoms with E-state index < -0.39 is 12.9 Å². The van der Waals surface area contributed by atoms with Gasteiger partial charge in [-0.15, -0.1) is 0 Å². The number of aryl methyl sites for hydroxylation is 1. The van der Waals surface area contributed by atoms with Crippen LogP contribution in [0.3, 0.4) is 0 Å². The summed E-state index contributed by atoms with van der Waals surface area (Å²) in [6.45, 7) is -2.47. The van der Waals surface area contributed by atoms with Crippen LogP contribution in [0.1, 0.15) is 11.0 Å². The Balaban J connectivity index is 2.65. The minimum Gasteiger partial charge on any atom is -0.497 e. The highest BCUT2D eigenvalue weighted by molar-refractivity contribution is 5.84. The van der Waals surface area contributed by atoms with Crippen LogP contribution in [0.15, 0.2) is 24.4 Å². The molecule has 0 fully saturated rings. The highest BCUT2D eigenvalue weighted by atomic mass is 16.5. The fourth-order valence-corrected chi connectivity index (χ4v) is 1.41. The van der Waals surface area contributed by atoms with E-state index >= 15 is 0 Å². The van der Waals surface area contributed by atoms with Gasteiger partial charge in [-0.1, -0.05) is 0 Å². The van der Waals surface area contributed by atoms with Crippen molar-refractivity contribution in [3.8, 4) is 5.75 Å². The Hall–Kier alpha value is -1.48. The number of ether oxygens (including phenoxy) is 1. The van der Waals surface area contributed by atoms with Gasteiger partial charge in [0.15, 0.2) is 0 Å². The molecule has 1 aromatic carbocycles. The van der Waals surface area contributed by atoms with E-state index in [9.17, 15) is 0 Å². The molecule has 3 N–H and O–H groups in total. The van der Waals surface area contributed by atoms with Crippen LogP contribution in [-0.4, -0.2) is 18.6 Å². The standard InChI is InChI=1S/C11H14N2O/c1-14-9-2-3-11-10(6-9)8(4-5-12)7-13-11/h2-3,6-7,13H,4-5,12H2,1H3/i4D2,5D2. The van der Waals surface area contributed by atoms with E-state index in [1.165, 1.54) is 13.3 Å². The molecule has 0 amide bonds. The smallest absolute Gasteiger partial charge is 0.119 e. The minimum absolute atomic E-state index is 0.184. The lowest BCUT2D eigenvalue weighted by Crippen LogP contribution is -2.01. The van der Waals surface area contributed by atoms with Crippen LogP contribution < -0.4 is 10.5 Å². The number of hydrogen-bond acceptors (Lipinski definition) is 2. The summed E-state index contributed by atoms with van der Waals surface area (Å²) < 4.78 is 35.6. The molecule has 2 aromatic rings. The molecule has 14 heavy (non-hydrogen) atoms. The maximum Gasteiger partial charge on any atom is 0.119 e. The molecule has 1 heterocycles. The molecule has 74 valence electrons. The molecule has 0 bridgehead atoms. The first kappa shape index (κ1) is 5.41. The topological polar surface area (TPSA) is 51.0 Å². The first-order valence-electron chi connectivity index (χ1n) is 6.22. The van der Waals surface area contributed by atoms with Gasteiger partial charge in [-0.05, 0) is 36.6 Å². The number of rotatable bonds is 3. The molecular weight excluding hydrogens is 176 g/mol. The highest BCUT2D eigenvalue weighted by Gasteiger charge is 2.03. The van der Waals surface area contributed by atoms with Crippen molar-refractivity contribution in [2.24, 2.45) is 5.73 Å². The summed E-state index contributed by atoms with van der Waals surface area (Å²) in [6, 6.07) is 5.15. The van der Waals surface area contributed by atoms with Crippen LogP contribution in [0, 0.1) is 0 Å². The predicted octanol–water partition coefficient (Wildman–Crippen LogP) is 1.68. The molecule has 0 unspecified atom stereocenters. The zero-order valence-corrected chi connectivity index (χ0v) is 7.79. The number of nitrogens with two attached hydrogens (primary N) is 1. The summed E-state index contributed by atoms with van der Waals surface area (Å²) in [6.07, 6.45) is -0.855. The minimum atomic E-state index is -2.47. The Morgan fingerprint density at radius 1 is 1.57 bits per heavy atom. The highest BCUT2D eigenvalue weighted by Crippen LogP contribution is 2.23. The molecule has 3 nitrogen and oxygen atoms in total. The fourth-order valence-electron chi connectivity index (χ4n) is 1.41. The van der Waals surface area contributed by atoms with Gasteiger partial charge in [0, 0.05) is 22.6 Å². The summed E-state index contributed by atoms with van der Waals surface area (Å²) >= 11 is 0. The number of fused-ring (bicyclic) bond motifs is 1. The zero-order valence-electron chi connectivity index (χ0n) is 11.8. The van der Waals surface area contributed by atoms with E-state index in [0.29, 0.717) is 16.7 Å². The van der Waals surface area contributed by atoms with Gasteiger partial charge in [0.2, 0.25) is 0 Å². The van der Waals surface area contributed by atoms with Crippen molar-refractivity contribution in [2.75, 3.05) is 13.6 Å². The van der Waals surface area contributed by atoms with E-state index in [2.05, 4.69) is 4.98 Å². The molecular formula is C11H14N2O. The summed E-state index contributed by atoms with van der Waals surface area (Å²) in [5.74, 6) is 0.580. The van der Waals surface area contributed by atoms with Crippen molar-refractivity contribution >= 4 is 10.9 Å². The third kappa shape index (κ3) is 1.46. The monoisotopic (exact) mass is 194 g/mol. The predicted molar refractivity (Wildman–Crippen MR) is 57.6 cm³/mol. The molecule has 0 saturated carbocycles. The molecule has 2 rings (SSSR count). The van der Waals surface area contributed by atoms with Gasteiger partial charge in [-0.2, -0.15) is 0 Å². The first-order valence-corrected chi connectivity index (χ1v) is 4.22. The van der Waals surface area contributed by atoms with E-state index in [-0.39, 0.29) is 5.56 Å². The molecule has 1 aromatic heterocycles. The SMILES string of the molecule is [2H]C([2H])(N)C([2H])([2H])c1c[nH]c2ccc(OC)cc12. The van der Waals surface area contributed by atoms with Crippen LogP contribution in [0.4, 0.5) is 0 Å². The van der Waals surface area contributed by atoms with Gasteiger partial charge in [0.1, 0.15) is 5.75 Å². The lowest BCUT2D eigenvalue weighted by Gasteiger charge is -2.00. The normalized spacial score (nSPS) is 17.0. The van der Waals surface area contributed by atoms with Gasteiger partial charge >= 0.3 is 0 Å². The maximum absolute atomic E-state index is 7.85. The van der Waals surface area contributed by atoms with E-state index in [0.717, 1.165) is 0 Å². The van der Waals surface area contributed by atoms with Crippen molar-refractivity contribution in [3.05, 3.63) is 30.0 Å². The molecule has 0 saturated heterocycles. The number of aromatic nitrogens is 1. The average Bonchev–Trinajstić information content (AvgIpc) is 2.70. The second-order valence-corrected chi connectivity index (χ2v) is 2.88. The van der Waals surface area contributed by atoms with Crippen LogP contribution in [0.2, 0.25) is 0 Å². The molecule has 0 aliphatic carbocycles. The molecule has 0 aliphatic rings. The van der Waals surface area contributed by atoms with E-state index in [1.54, 1.807) is 18.2 Å². The van der Waals surface area contributed by atoms with Crippen molar-refractivity contribution in [1.29, 1.82) is 0 Å². The Morgan fingerprint density at radius 2 is 2.43 bits per heavy atom. The molecule has 0 radical (unpaired) electrons. The molecule has 0 atom stereocenters. The number of H-pyrrole nitrogens is 1. The Labute approximate surface area is 88.5 Å². The van der Waals surface area contributed by atoms with Gasteiger partial charge in [0.05, 0.1) is 7.11 Å². The second-order valence-electron chi connectivity index (χ2n) is 2.88. The van der Waals surface area contributed by atoms with Gasteiger partial charge < -0.3 is 15.5 Å². The summed E-state index contributed by atoms with van der Waals surface area (Å²) in [4.78, 5) is 2.90. The molecule has 0 spiro atoms. The first-order chi connectivity index (χ1) is 8.27. The second kappa shape index (κ2) is 3.72. The van der Waals surface area contributed by atoms with E-state index in [4.69, 9.17) is 16.0 Å². The average molecular weight is 194 g/mol. The zero-order chi connectivity index (χ0) is 13.6. The Kier molecular flexibility index (Phi) is 1.44. The Morgan fingerprint density at radius 3 is 3.14 bits per heavy atom. The van der Waals surface area contributed by atoms with Crippen molar-refractivity contribution in [1.82, 2.24) is 4.98 Å². The van der Waals surface area contributed by atoms with Crippen LogP contribution in [0.5, 0.6) is 5.75 Å². The van der Waals surface area contributed by atoms with Crippen molar-refractivity contribution < 1.29 is 10.2 Å². The van der Waals surface area contributed by atoms with Gasteiger partial charge in [-0.3, -0.25) is 0 Å². The van der Waals surface area contributed by atoms with Gasteiger partial charge in [0.25, 0.3) is 0 Å². The summed E-state index contributed by atoms with van der Waals surface area (Å²) in [5.41, 5.74) is 6.17. The number of methoxy groups -OCH3 is 1. The summed E-state index contributed by atoms with van der Waals surface area (Å²) in [5, 5.41) is 0.564. The number of hydrogen-bond donors (Lipinski definition) is 2. The van der Waals surface area contributed by atoms with Crippen LogP contribution in [0.25, 0.3) is 10.9 Å². The van der Waals surface area contributed by atoms with E-state index in [1.807, 2.05) is 0 Å². The fraction of sp³-hybridized carbons (Fsp3) is 0.273. The quantitative estimate of drug-likeness (QED) is 0.781. The Bertz CT molecular complexity index is 574. The lowest BCUT2D eigenvalue weighted by atomic mass is 10.1. The van der Waals surface area contributed by atoms with Crippen molar-refractivity contribution in [3.63, 3.8) is 0 Å². The molecule has 0 aliphatic heterocycles. The third-order valence-corrected chi connectivity index (χ3v) is 2.10. The van der Waals surface area contributed by atoms with Gasteiger partial charge in [-0.25, -0.2) is 0 Å². The maximum atomic E-state index is 7.85. The lowest BCUT2D eigenvalue weighted by molar-refractivity contribution is 0.415. The number of nitrogens with one attached hydrogen (secondary N) is 1. The molecule has 3 heteroatoms. The van der Waals surface area contributed by atoms with Crippen LogP contribution >= 0.6 is 0 Å². The third-order valence-electron chi connectivity index (χ3n) is 2.10.